The van der Waals surface area contributed by atoms with Crippen LogP contribution in [-0.4, -0.2) is 60.5 Å². The number of piperidine rings is 1. The predicted octanol–water partition coefficient (Wildman–Crippen LogP) is 1.95. The molecule has 0 aromatic carbocycles. The summed E-state index contributed by atoms with van der Waals surface area (Å²) in [6.07, 6.45) is 2.41. The van der Waals surface area contributed by atoms with Gasteiger partial charge in [0.15, 0.2) is 0 Å². The topological polar surface area (TPSA) is 35.6 Å². The molecule has 1 aliphatic heterocycles. The van der Waals surface area contributed by atoms with Gasteiger partial charge in [-0.2, -0.15) is 0 Å². The monoisotopic (exact) mass is 283 g/mol. The Balaban J connectivity index is 2.27. The minimum absolute atomic E-state index is 0.204. The number of rotatable bonds is 6. The molecular weight excluding hydrogens is 250 g/mol. The maximum absolute atomic E-state index is 12.1. The Morgan fingerprint density at radius 1 is 1.20 bits per heavy atom. The van der Waals surface area contributed by atoms with Crippen LogP contribution in [0.1, 0.15) is 47.5 Å². The van der Waals surface area contributed by atoms with Crippen LogP contribution in [0.4, 0.5) is 0 Å². The second-order valence-electron chi connectivity index (χ2n) is 6.92. The molecule has 1 fully saturated rings. The third-order valence-corrected chi connectivity index (χ3v) is 4.10. The van der Waals surface area contributed by atoms with E-state index in [2.05, 4.69) is 31.0 Å². The number of hydrogen-bond donors (Lipinski definition) is 1. The van der Waals surface area contributed by atoms with Crippen molar-refractivity contribution in [3.63, 3.8) is 0 Å². The molecule has 1 rings (SSSR count). The lowest BCUT2D eigenvalue weighted by Gasteiger charge is -2.34. The Labute approximate surface area is 124 Å². The van der Waals surface area contributed by atoms with Crippen molar-refractivity contribution in [3.8, 4) is 0 Å². The molecule has 0 saturated carbocycles. The molecule has 20 heavy (non-hydrogen) atoms. The Kier molecular flexibility index (Phi) is 6.96. The van der Waals surface area contributed by atoms with E-state index < -0.39 is 0 Å². The summed E-state index contributed by atoms with van der Waals surface area (Å²) in [6, 6.07) is 0. The maximum Gasteiger partial charge on any atom is 0.236 e. The number of hydrogen-bond acceptors (Lipinski definition) is 3. The van der Waals surface area contributed by atoms with E-state index in [1.807, 2.05) is 18.7 Å². The van der Waals surface area contributed by atoms with Crippen molar-refractivity contribution in [2.75, 3.05) is 39.3 Å². The Hall–Kier alpha value is -0.610. The first-order valence-corrected chi connectivity index (χ1v) is 8.10. The molecule has 1 saturated heterocycles. The van der Waals surface area contributed by atoms with Crippen molar-refractivity contribution in [3.05, 3.63) is 0 Å². The summed E-state index contributed by atoms with van der Waals surface area (Å²) in [5.74, 6) is 1.04. The molecule has 4 heteroatoms. The Morgan fingerprint density at radius 2 is 1.75 bits per heavy atom. The highest BCUT2D eigenvalue weighted by Gasteiger charge is 2.23. The van der Waals surface area contributed by atoms with Gasteiger partial charge in [0.2, 0.25) is 5.91 Å². The van der Waals surface area contributed by atoms with E-state index in [1.54, 1.807) is 0 Å². The second kappa shape index (κ2) is 7.99. The van der Waals surface area contributed by atoms with Crippen LogP contribution in [-0.2, 0) is 4.79 Å². The lowest BCUT2D eigenvalue weighted by molar-refractivity contribution is -0.132. The Morgan fingerprint density at radius 3 is 2.20 bits per heavy atom. The van der Waals surface area contributed by atoms with E-state index in [4.69, 9.17) is 0 Å². The average Bonchev–Trinajstić information content (AvgIpc) is 2.38. The van der Waals surface area contributed by atoms with Crippen LogP contribution >= 0.6 is 0 Å². The quantitative estimate of drug-likeness (QED) is 0.809. The van der Waals surface area contributed by atoms with Gasteiger partial charge in [0, 0.05) is 18.6 Å². The highest BCUT2D eigenvalue weighted by atomic mass is 16.2. The van der Waals surface area contributed by atoms with Crippen molar-refractivity contribution >= 4 is 5.91 Å². The van der Waals surface area contributed by atoms with Gasteiger partial charge in [-0.3, -0.25) is 9.69 Å². The van der Waals surface area contributed by atoms with E-state index in [-0.39, 0.29) is 11.4 Å². The first-order chi connectivity index (χ1) is 9.35. The van der Waals surface area contributed by atoms with Crippen LogP contribution in [0.25, 0.3) is 0 Å². The van der Waals surface area contributed by atoms with Crippen molar-refractivity contribution in [1.82, 2.24) is 15.1 Å². The highest BCUT2D eigenvalue weighted by molar-refractivity contribution is 5.78. The lowest BCUT2D eigenvalue weighted by atomic mass is 9.95. The second-order valence-corrected chi connectivity index (χ2v) is 6.92. The molecule has 0 aromatic heterocycles. The fourth-order valence-electron chi connectivity index (χ4n) is 2.67. The fraction of sp³-hybridized carbons (Fsp3) is 0.938. The van der Waals surface area contributed by atoms with Gasteiger partial charge in [0.05, 0.1) is 6.54 Å². The summed E-state index contributed by atoms with van der Waals surface area (Å²) in [6.45, 7) is 16.2. The number of nitrogens with zero attached hydrogens (tertiary/aromatic N) is 2. The lowest BCUT2D eigenvalue weighted by Crippen LogP contribution is -2.46. The number of nitrogens with one attached hydrogen (secondary N) is 1. The molecule has 1 aliphatic rings. The SMILES string of the molecule is CCN(CC)C(=O)CN1CCC(CNC(C)(C)C)CC1. The van der Waals surface area contributed by atoms with Gasteiger partial charge in [-0.05, 0) is 73.0 Å². The van der Waals surface area contributed by atoms with Gasteiger partial charge in [-0.15, -0.1) is 0 Å². The van der Waals surface area contributed by atoms with Crippen LogP contribution < -0.4 is 5.32 Å². The number of carbonyl (C=O) groups excluding carboxylic acids is 1. The number of carbonyl (C=O) groups is 1. The van der Waals surface area contributed by atoms with Crippen molar-refractivity contribution in [2.45, 2.75) is 53.0 Å². The third-order valence-electron chi connectivity index (χ3n) is 4.10. The zero-order valence-corrected chi connectivity index (χ0v) is 14.0. The zero-order valence-electron chi connectivity index (χ0n) is 14.0. The van der Waals surface area contributed by atoms with Crippen molar-refractivity contribution in [1.29, 1.82) is 0 Å². The first kappa shape index (κ1) is 17.4. The molecule has 1 heterocycles. The van der Waals surface area contributed by atoms with Gasteiger partial charge in [0.25, 0.3) is 0 Å². The number of likely N-dealkylation sites (tertiary alicyclic amines) is 1. The van der Waals surface area contributed by atoms with Gasteiger partial charge in [-0.1, -0.05) is 0 Å². The molecule has 0 bridgehead atoms. The summed E-state index contributed by atoms with van der Waals surface area (Å²) < 4.78 is 0. The van der Waals surface area contributed by atoms with Gasteiger partial charge in [-0.25, -0.2) is 0 Å². The molecule has 118 valence electrons. The van der Waals surface area contributed by atoms with Crippen LogP contribution in [0.3, 0.4) is 0 Å². The van der Waals surface area contributed by atoms with Crippen LogP contribution in [0, 0.1) is 5.92 Å². The Bertz CT molecular complexity index is 287. The largest absolute Gasteiger partial charge is 0.342 e. The van der Waals surface area contributed by atoms with Crippen LogP contribution in [0.2, 0.25) is 0 Å². The third kappa shape index (κ3) is 6.23. The smallest absolute Gasteiger partial charge is 0.236 e. The molecule has 0 aromatic rings. The van der Waals surface area contributed by atoms with E-state index in [9.17, 15) is 4.79 Å². The summed E-state index contributed by atoms with van der Waals surface area (Å²) in [7, 11) is 0. The molecule has 1 N–H and O–H groups in total. The number of likely N-dealkylation sites (N-methyl/N-ethyl adjacent to an activating group) is 1. The van der Waals surface area contributed by atoms with E-state index in [0.29, 0.717) is 6.54 Å². The van der Waals surface area contributed by atoms with Crippen molar-refractivity contribution in [2.24, 2.45) is 5.92 Å². The molecule has 0 radical (unpaired) electrons. The zero-order chi connectivity index (χ0) is 15.2. The standard InChI is InChI=1S/C16H33N3O/c1-6-19(7-2)15(20)13-18-10-8-14(9-11-18)12-17-16(3,4)5/h14,17H,6-13H2,1-5H3. The van der Waals surface area contributed by atoms with E-state index >= 15 is 0 Å². The molecule has 0 spiro atoms. The first-order valence-electron chi connectivity index (χ1n) is 8.10. The minimum atomic E-state index is 0.204. The summed E-state index contributed by atoms with van der Waals surface area (Å²) in [5.41, 5.74) is 0.204. The van der Waals surface area contributed by atoms with E-state index in [1.165, 1.54) is 12.8 Å². The molecule has 0 atom stereocenters. The van der Waals surface area contributed by atoms with Crippen molar-refractivity contribution < 1.29 is 4.79 Å². The van der Waals surface area contributed by atoms with Gasteiger partial charge < -0.3 is 10.2 Å². The summed E-state index contributed by atoms with van der Waals surface area (Å²) in [4.78, 5) is 16.3. The summed E-state index contributed by atoms with van der Waals surface area (Å²) in [5, 5.41) is 3.59. The van der Waals surface area contributed by atoms with Gasteiger partial charge in [0.1, 0.15) is 0 Å². The average molecular weight is 283 g/mol. The molecule has 4 nitrogen and oxygen atoms in total. The van der Waals surface area contributed by atoms with Crippen LogP contribution in [0.15, 0.2) is 0 Å². The molecule has 0 aliphatic carbocycles. The minimum Gasteiger partial charge on any atom is -0.342 e. The van der Waals surface area contributed by atoms with Crippen LogP contribution in [0.5, 0.6) is 0 Å². The molecular formula is C16H33N3O. The maximum atomic E-state index is 12.1. The number of amides is 1. The fourth-order valence-corrected chi connectivity index (χ4v) is 2.67. The summed E-state index contributed by atoms with van der Waals surface area (Å²) >= 11 is 0. The van der Waals surface area contributed by atoms with E-state index in [0.717, 1.165) is 38.6 Å². The predicted molar refractivity (Wildman–Crippen MR) is 84.8 cm³/mol. The molecule has 0 unspecified atom stereocenters. The normalized spacial score (nSPS) is 18.2. The van der Waals surface area contributed by atoms with Gasteiger partial charge >= 0.3 is 0 Å². The molecule has 1 amide bonds. The highest BCUT2D eigenvalue weighted by Crippen LogP contribution is 2.17.